The molecule has 1 heterocycles. The molecule has 0 atom stereocenters. The highest BCUT2D eigenvalue weighted by Gasteiger charge is 2.11. The average molecular weight is 285 g/mol. The van der Waals surface area contributed by atoms with Crippen molar-refractivity contribution in [2.24, 2.45) is 5.92 Å². The zero-order valence-corrected chi connectivity index (χ0v) is 13.7. The van der Waals surface area contributed by atoms with Crippen LogP contribution in [0.5, 0.6) is 0 Å². The fraction of sp³-hybridized carbons (Fsp3) is 0.500. The summed E-state index contributed by atoms with van der Waals surface area (Å²) in [5, 5.41) is 4.63. The quantitative estimate of drug-likeness (QED) is 0.828. The number of aromatic nitrogens is 1. The Morgan fingerprint density at radius 1 is 1.19 bits per heavy atom. The first-order valence-corrected chi connectivity index (χ1v) is 7.98. The molecule has 1 N–H and O–H groups in total. The zero-order chi connectivity index (χ0) is 15.2. The van der Waals surface area contributed by atoms with Gasteiger partial charge in [-0.15, -0.1) is 0 Å². The van der Waals surface area contributed by atoms with Gasteiger partial charge >= 0.3 is 0 Å². The Bertz CT molecular complexity index is 578. The predicted molar refractivity (Wildman–Crippen MR) is 91.7 cm³/mol. The van der Waals surface area contributed by atoms with Gasteiger partial charge in [0.05, 0.1) is 5.52 Å². The Morgan fingerprint density at radius 2 is 1.95 bits per heavy atom. The highest BCUT2D eigenvalue weighted by molar-refractivity contribution is 5.81. The monoisotopic (exact) mass is 285 g/mol. The first kappa shape index (κ1) is 15.8. The Labute approximate surface area is 128 Å². The first-order valence-electron chi connectivity index (χ1n) is 7.98. The summed E-state index contributed by atoms with van der Waals surface area (Å²) < 4.78 is 0. The number of fused-ring (bicyclic) bond motifs is 1. The third-order valence-corrected chi connectivity index (χ3v) is 3.61. The lowest BCUT2D eigenvalue weighted by Gasteiger charge is -2.24. The predicted octanol–water partition coefficient (Wildman–Crippen LogP) is 4.14. The molecule has 0 saturated carbocycles. The smallest absolute Gasteiger partial charge is 0.131 e. The minimum Gasteiger partial charge on any atom is -0.370 e. The van der Waals surface area contributed by atoms with Crippen LogP contribution in [0, 0.1) is 5.92 Å². The number of nitrogens with zero attached hydrogens (tertiary/aromatic N) is 2. The minimum absolute atomic E-state index is 0.681. The summed E-state index contributed by atoms with van der Waals surface area (Å²) in [6, 6.07) is 10.6. The molecular weight excluding hydrogens is 258 g/mol. The summed E-state index contributed by atoms with van der Waals surface area (Å²) in [6.45, 7) is 12.9. The highest BCUT2D eigenvalue weighted by atomic mass is 15.1. The third-order valence-electron chi connectivity index (χ3n) is 3.61. The maximum atomic E-state index is 4.79. The number of hydrogen-bond acceptors (Lipinski definition) is 3. The van der Waals surface area contributed by atoms with Gasteiger partial charge in [0.25, 0.3) is 0 Å². The lowest BCUT2D eigenvalue weighted by atomic mass is 10.1. The van der Waals surface area contributed by atoms with Crippen LogP contribution >= 0.6 is 0 Å². The molecule has 0 bridgehead atoms. The minimum atomic E-state index is 0.681. The maximum absolute atomic E-state index is 4.79. The van der Waals surface area contributed by atoms with Gasteiger partial charge in [-0.3, -0.25) is 4.90 Å². The van der Waals surface area contributed by atoms with Crippen LogP contribution in [-0.4, -0.2) is 29.5 Å². The number of nitrogens with one attached hydrogen (secondary N) is 1. The van der Waals surface area contributed by atoms with Crippen LogP contribution in [0.1, 0.15) is 33.3 Å². The van der Waals surface area contributed by atoms with E-state index in [1.54, 1.807) is 0 Å². The second-order valence-corrected chi connectivity index (χ2v) is 5.94. The molecule has 0 fully saturated rings. The molecule has 0 aliphatic rings. The molecule has 0 aliphatic heterocycles. The number of rotatable bonds is 7. The topological polar surface area (TPSA) is 28.2 Å². The molecule has 114 valence electrons. The number of benzene rings is 1. The van der Waals surface area contributed by atoms with E-state index in [-0.39, 0.29) is 0 Å². The van der Waals surface area contributed by atoms with Crippen LogP contribution in [0.15, 0.2) is 30.3 Å². The summed E-state index contributed by atoms with van der Waals surface area (Å²) >= 11 is 0. The SMILES string of the molecule is CCNc1nc2ccccc2cc1CN(CC)CC(C)C. The van der Waals surface area contributed by atoms with Crippen molar-refractivity contribution in [2.75, 3.05) is 25.0 Å². The fourth-order valence-corrected chi connectivity index (χ4v) is 2.66. The van der Waals surface area contributed by atoms with E-state index in [9.17, 15) is 0 Å². The van der Waals surface area contributed by atoms with Gasteiger partial charge in [0, 0.05) is 30.6 Å². The molecule has 0 spiro atoms. The van der Waals surface area contributed by atoms with Crippen LogP contribution in [-0.2, 0) is 6.54 Å². The average Bonchev–Trinajstić information content (AvgIpc) is 2.46. The van der Waals surface area contributed by atoms with Crippen molar-refractivity contribution in [2.45, 2.75) is 34.2 Å². The molecule has 1 aromatic heterocycles. The van der Waals surface area contributed by atoms with Crippen molar-refractivity contribution < 1.29 is 0 Å². The van der Waals surface area contributed by atoms with E-state index in [2.05, 4.69) is 62.2 Å². The fourth-order valence-electron chi connectivity index (χ4n) is 2.66. The van der Waals surface area contributed by atoms with Crippen molar-refractivity contribution in [1.29, 1.82) is 0 Å². The molecule has 2 rings (SSSR count). The molecule has 21 heavy (non-hydrogen) atoms. The van der Waals surface area contributed by atoms with Crippen LogP contribution in [0.4, 0.5) is 5.82 Å². The molecule has 0 radical (unpaired) electrons. The van der Waals surface area contributed by atoms with Gasteiger partial charge < -0.3 is 5.32 Å². The van der Waals surface area contributed by atoms with E-state index in [0.717, 1.165) is 37.5 Å². The van der Waals surface area contributed by atoms with E-state index in [1.165, 1.54) is 10.9 Å². The normalized spacial score (nSPS) is 11.5. The lowest BCUT2D eigenvalue weighted by Crippen LogP contribution is -2.27. The molecule has 2 aromatic rings. The molecule has 3 nitrogen and oxygen atoms in total. The Hall–Kier alpha value is -1.61. The summed E-state index contributed by atoms with van der Waals surface area (Å²) in [7, 11) is 0. The van der Waals surface area contributed by atoms with E-state index in [1.807, 2.05) is 6.07 Å². The van der Waals surface area contributed by atoms with Gasteiger partial charge in [0.1, 0.15) is 5.82 Å². The molecule has 0 aliphatic carbocycles. The number of anilines is 1. The van der Waals surface area contributed by atoms with E-state index in [4.69, 9.17) is 4.98 Å². The van der Waals surface area contributed by atoms with Gasteiger partial charge in [0.2, 0.25) is 0 Å². The molecule has 0 unspecified atom stereocenters. The summed E-state index contributed by atoms with van der Waals surface area (Å²) in [6.07, 6.45) is 0. The number of pyridine rings is 1. The first-order chi connectivity index (χ1) is 10.1. The lowest BCUT2D eigenvalue weighted by molar-refractivity contribution is 0.248. The highest BCUT2D eigenvalue weighted by Crippen LogP contribution is 2.22. The summed E-state index contributed by atoms with van der Waals surface area (Å²) in [4.78, 5) is 7.28. The Morgan fingerprint density at radius 3 is 2.62 bits per heavy atom. The standard InChI is InChI=1S/C18H27N3/c1-5-19-18-16(13-21(6-2)12-14(3)4)11-15-9-7-8-10-17(15)20-18/h7-11,14H,5-6,12-13H2,1-4H3,(H,19,20). The summed E-state index contributed by atoms with van der Waals surface area (Å²) in [5.74, 6) is 1.71. The van der Waals surface area contributed by atoms with Gasteiger partial charge in [-0.05, 0) is 31.5 Å². The molecule has 3 heteroatoms. The van der Waals surface area contributed by atoms with Crippen LogP contribution < -0.4 is 5.32 Å². The second kappa shape index (κ2) is 7.41. The molecule has 0 amide bonds. The Kier molecular flexibility index (Phi) is 5.57. The van der Waals surface area contributed by atoms with Crippen LogP contribution in [0.2, 0.25) is 0 Å². The molecule has 1 aromatic carbocycles. The third kappa shape index (κ3) is 4.18. The van der Waals surface area contributed by atoms with E-state index < -0.39 is 0 Å². The van der Waals surface area contributed by atoms with Crippen LogP contribution in [0.3, 0.4) is 0 Å². The van der Waals surface area contributed by atoms with Crippen LogP contribution in [0.25, 0.3) is 10.9 Å². The van der Waals surface area contributed by atoms with Crippen molar-refractivity contribution in [3.63, 3.8) is 0 Å². The number of hydrogen-bond donors (Lipinski definition) is 1. The molecular formula is C18H27N3. The zero-order valence-electron chi connectivity index (χ0n) is 13.7. The van der Waals surface area contributed by atoms with Crippen molar-refractivity contribution in [3.8, 4) is 0 Å². The number of para-hydroxylation sites is 1. The second-order valence-electron chi connectivity index (χ2n) is 5.94. The summed E-state index contributed by atoms with van der Waals surface area (Å²) in [5.41, 5.74) is 2.35. The van der Waals surface area contributed by atoms with Crippen molar-refractivity contribution in [1.82, 2.24) is 9.88 Å². The van der Waals surface area contributed by atoms with Gasteiger partial charge in [-0.25, -0.2) is 4.98 Å². The van der Waals surface area contributed by atoms with Crippen molar-refractivity contribution >= 4 is 16.7 Å². The molecule has 0 saturated heterocycles. The van der Waals surface area contributed by atoms with Gasteiger partial charge in [0.15, 0.2) is 0 Å². The van der Waals surface area contributed by atoms with Gasteiger partial charge in [-0.1, -0.05) is 39.0 Å². The van der Waals surface area contributed by atoms with E-state index in [0.29, 0.717) is 5.92 Å². The largest absolute Gasteiger partial charge is 0.370 e. The van der Waals surface area contributed by atoms with E-state index >= 15 is 0 Å². The van der Waals surface area contributed by atoms with Crippen molar-refractivity contribution in [3.05, 3.63) is 35.9 Å². The van der Waals surface area contributed by atoms with Gasteiger partial charge in [-0.2, -0.15) is 0 Å². The Balaban J connectivity index is 2.33. The maximum Gasteiger partial charge on any atom is 0.131 e.